The number of hydrogen-bond acceptors (Lipinski definition) is 2. The molecule has 0 bridgehead atoms. The van der Waals surface area contributed by atoms with Gasteiger partial charge in [-0.2, -0.15) is 0 Å². The van der Waals surface area contributed by atoms with Crippen LogP contribution in [-0.2, 0) is 0 Å². The summed E-state index contributed by atoms with van der Waals surface area (Å²) in [6.07, 6.45) is 3.64. The summed E-state index contributed by atoms with van der Waals surface area (Å²) in [7, 11) is 0. The van der Waals surface area contributed by atoms with Gasteiger partial charge in [-0.05, 0) is 23.3 Å². The molecule has 0 N–H and O–H groups in total. The second-order valence-corrected chi connectivity index (χ2v) is 6.36. The molecule has 0 fully saturated rings. The largest absolute Gasteiger partial charge is 0.264 e. The van der Waals surface area contributed by atoms with Crippen molar-refractivity contribution in [3.63, 3.8) is 0 Å². The summed E-state index contributed by atoms with van der Waals surface area (Å²) in [4.78, 5) is 11.2. The summed E-state index contributed by atoms with van der Waals surface area (Å²) >= 11 is 0. The van der Waals surface area contributed by atoms with Gasteiger partial charge in [0, 0.05) is 16.9 Å². The molecule has 2 atom stereocenters. The first-order valence-corrected chi connectivity index (χ1v) is 6.78. The number of nitro groups is 1. The number of nitrogens with zero attached hydrogens (tertiary/aromatic N) is 1. The lowest BCUT2D eigenvalue weighted by atomic mass is 9.71. The summed E-state index contributed by atoms with van der Waals surface area (Å²) in [5.74, 6) is 0.371. The maximum Gasteiger partial charge on any atom is 0.238 e. The van der Waals surface area contributed by atoms with Gasteiger partial charge < -0.3 is 0 Å². The van der Waals surface area contributed by atoms with Crippen molar-refractivity contribution in [2.75, 3.05) is 0 Å². The summed E-state index contributed by atoms with van der Waals surface area (Å²) in [6.45, 7) is 6.49. The molecule has 0 saturated heterocycles. The number of hydrogen-bond donors (Lipinski definition) is 0. The smallest absolute Gasteiger partial charge is 0.238 e. The Labute approximate surface area is 114 Å². The lowest BCUT2D eigenvalue weighted by Crippen LogP contribution is -2.33. The molecule has 0 aliphatic heterocycles. The van der Waals surface area contributed by atoms with Gasteiger partial charge in [0.1, 0.15) is 0 Å². The van der Waals surface area contributed by atoms with Crippen molar-refractivity contribution < 1.29 is 4.92 Å². The zero-order valence-corrected chi connectivity index (χ0v) is 11.8. The van der Waals surface area contributed by atoms with E-state index in [-0.39, 0.29) is 10.3 Å². The molecule has 0 radical (unpaired) electrons. The minimum atomic E-state index is -0.569. The van der Waals surface area contributed by atoms with Crippen molar-refractivity contribution in [1.29, 1.82) is 0 Å². The number of allylic oxidation sites excluding steroid dienone is 1. The van der Waals surface area contributed by atoms with E-state index in [2.05, 4.69) is 26.8 Å². The second kappa shape index (κ2) is 5.16. The second-order valence-electron chi connectivity index (χ2n) is 6.36. The molecule has 0 aromatic heterocycles. The van der Waals surface area contributed by atoms with Crippen molar-refractivity contribution >= 4 is 5.57 Å². The van der Waals surface area contributed by atoms with Crippen LogP contribution in [0.1, 0.15) is 39.2 Å². The maximum atomic E-state index is 11.4. The number of rotatable bonds is 2. The molecule has 0 amide bonds. The van der Waals surface area contributed by atoms with E-state index in [4.69, 9.17) is 0 Å². The van der Waals surface area contributed by atoms with E-state index in [9.17, 15) is 10.1 Å². The minimum Gasteiger partial charge on any atom is -0.264 e. The zero-order chi connectivity index (χ0) is 14.0. The standard InChI is InChI=1S/C16H21NO2/c1-16(2,3)13-9-10-14(15(11-13)17(18)19)12-7-5-4-6-8-12/h4-8,10,13,15H,9,11H2,1-3H3/t13-,15+/m1/s1. The fraction of sp³-hybridized carbons (Fsp3) is 0.500. The van der Waals surface area contributed by atoms with Crippen molar-refractivity contribution in [3.05, 3.63) is 52.1 Å². The van der Waals surface area contributed by atoms with Gasteiger partial charge >= 0.3 is 0 Å². The average Bonchev–Trinajstić information content (AvgIpc) is 2.38. The third kappa shape index (κ3) is 3.03. The van der Waals surface area contributed by atoms with Gasteiger partial charge in [0.15, 0.2) is 0 Å². The van der Waals surface area contributed by atoms with Crippen LogP contribution in [0.2, 0.25) is 0 Å². The van der Waals surface area contributed by atoms with E-state index < -0.39 is 6.04 Å². The van der Waals surface area contributed by atoms with Crippen LogP contribution >= 0.6 is 0 Å². The van der Waals surface area contributed by atoms with Gasteiger partial charge in [0.05, 0.1) is 0 Å². The predicted octanol–water partition coefficient (Wildman–Crippen LogP) is 4.17. The van der Waals surface area contributed by atoms with Crippen LogP contribution in [0.25, 0.3) is 5.57 Å². The first-order chi connectivity index (χ1) is 8.89. The Balaban J connectivity index is 2.33. The molecule has 0 saturated carbocycles. The van der Waals surface area contributed by atoms with Crippen LogP contribution < -0.4 is 0 Å². The Bertz CT molecular complexity index is 485. The third-order valence-corrected chi connectivity index (χ3v) is 4.08. The fourth-order valence-electron chi connectivity index (χ4n) is 2.75. The summed E-state index contributed by atoms with van der Waals surface area (Å²) in [5.41, 5.74) is 1.98. The number of benzene rings is 1. The molecular formula is C16H21NO2. The zero-order valence-electron chi connectivity index (χ0n) is 11.8. The first-order valence-electron chi connectivity index (χ1n) is 6.78. The van der Waals surface area contributed by atoms with Gasteiger partial charge in [-0.25, -0.2) is 0 Å². The fourth-order valence-corrected chi connectivity index (χ4v) is 2.75. The topological polar surface area (TPSA) is 43.1 Å². The van der Waals surface area contributed by atoms with Crippen LogP contribution in [0.15, 0.2) is 36.4 Å². The van der Waals surface area contributed by atoms with Crippen LogP contribution in [0.3, 0.4) is 0 Å². The van der Waals surface area contributed by atoms with Gasteiger partial charge in [0.2, 0.25) is 6.04 Å². The lowest BCUT2D eigenvalue weighted by molar-refractivity contribution is -0.509. The van der Waals surface area contributed by atoms with Crippen LogP contribution in [-0.4, -0.2) is 11.0 Å². The molecule has 1 aliphatic carbocycles. The molecule has 0 heterocycles. The van der Waals surface area contributed by atoms with Crippen LogP contribution in [0.4, 0.5) is 0 Å². The lowest BCUT2D eigenvalue weighted by Gasteiger charge is -2.34. The van der Waals surface area contributed by atoms with Crippen LogP contribution in [0, 0.1) is 21.4 Å². The van der Waals surface area contributed by atoms with Crippen molar-refractivity contribution in [3.8, 4) is 0 Å². The molecule has 102 valence electrons. The Kier molecular flexibility index (Phi) is 3.74. The van der Waals surface area contributed by atoms with E-state index in [1.54, 1.807) is 0 Å². The Hall–Kier alpha value is -1.64. The third-order valence-electron chi connectivity index (χ3n) is 4.08. The highest BCUT2D eigenvalue weighted by atomic mass is 16.6. The predicted molar refractivity (Wildman–Crippen MR) is 77.4 cm³/mol. The molecule has 3 heteroatoms. The molecule has 0 unspecified atom stereocenters. The molecule has 1 aromatic carbocycles. The summed E-state index contributed by atoms with van der Waals surface area (Å²) in [6, 6.07) is 9.15. The molecule has 2 rings (SSSR count). The van der Waals surface area contributed by atoms with E-state index in [1.165, 1.54) is 0 Å². The molecule has 1 aromatic rings. The van der Waals surface area contributed by atoms with Crippen molar-refractivity contribution in [2.45, 2.75) is 39.7 Å². The van der Waals surface area contributed by atoms with E-state index in [0.717, 1.165) is 17.6 Å². The monoisotopic (exact) mass is 259 g/mol. The highest BCUT2D eigenvalue weighted by Gasteiger charge is 2.37. The van der Waals surface area contributed by atoms with Crippen molar-refractivity contribution in [1.82, 2.24) is 0 Å². The Morgan fingerprint density at radius 1 is 1.21 bits per heavy atom. The molecule has 1 aliphatic rings. The maximum absolute atomic E-state index is 11.4. The highest BCUT2D eigenvalue weighted by Crippen LogP contribution is 2.40. The minimum absolute atomic E-state index is 0.118. The molecule has 3 nitrogen and oxygen atoms in total. The van der Waals surface area contributed by atoms with Gasteiger partial charge in [-0.15, -0.1) is 0 Å². The normalized spacial score (nSPS) is 23.8. The molecular weight excluding hydrogens is 238 g/mol. The Morgan fingerprint density at radius 3 is 2.37 bits per heavy atom. The first kappa shape index (κ1) is 13.8. The average molecular weight is 259 g/mol. The van der Waals surface area contributed by atoms with Gasteiger partial charge in [0.25, 0.3) is 0 Å². The molecule has 0 spiro atoms. The summed E-state index contributed by atoms with van der Waals surface area (Å²) in [5, 5.41) is 11.4. The Morgan fingerprint density at radius 2 is 1.84 bits per heavy atom. The van der Waals surface area contributed by atoms with Gasteiger partial charge in [-0.1, -0.05) is 57.2 Å². The van der Waals surface area contributed by atoms with Gasteiger partial charge in [-0.3, -0.25) is 10.1 Å². The van der Waals surface area contributed by atoms with Crippen LogP contribution in [0.5, 0.6) is 0 Å². The highest BCUT2D eigenvalue weighted by molar-refractivity contribution is 5.69. The van der Waals surface area contributed by atoms with E-state index >= 15 is 0 Å². The molecule has 19 heavy (non-hydrogen) atoms. The van der Waals surface area contributed by atoms with Crippen molar-refractivity contribution in [2.24, 2.45) is 11.3 Å². The van der Waals surface area contributed by atoms with E-state index in [1.807, 2.05) is 30.3 Å². The summed E-state index contributed by atoms with van der Waals surface area (Å²) < 4.78 is 0. The SMILES string of the molecule is CC(C)(C)[C@@H]1CC=C(c2ccccc2)[C@@H]([N+](=O)[O-])C1. The quantitative estimate of drug-likeness (QED) is 0.591. The van der Waals surface area contributed by atoms with E-state index in [0.29, 0.717) is 12.3 Å².